The summed E-state index contributed by atoms with van der Waals surface area (Å²) in [4.78, 5) is 22.8. The average molecular weight is 227 g/mol. The average Bonchev–Trinajstić information content (AvgIpc) is 2.16. The van der Waals surface area contributed by atoms with E-state index < -0.39 is 0 Å². The van der Waals surface area contributed by atoms with Crippen molar-refractivity contribution < 1.29 is 14.1 Å². The zero-order valence-electron chi connectivity index (χ0n) is 10.5. The van der Waals surface area contributed by atoms with Gasteiger partial charge in [-0.05, 0) is 0 Å². The fraction of sp³-hybridized carbons (Fsp3) is 0.833. The maximum absolute atomic E-state index is 11.8. The smallest absolute Gasteiger partial charge is 0.272 e. The third-order valence-electron chi connectivity index (χ3n) is 3.54. The molecule has 0 aromatic heterocycles. The quantitative estimate of drug-likeness (QED) is 0.713. The van der Waals surface area contributed by atoms with Crippen LogP contribution >= 0.6 is 0 Å². The summed E-state index contributed by atoms with van der Waals surface area (Å²) in [5.41, 5.74) is 5.23. The van der Waals surface area contributed by atoms with Gasteiger partial charge in [-0.25, -0.2) is 0 Å². The van der Waals surface area contributed by atoms with E-state index in [2.05, 4.69) is 0 Å². The van der Waals surface area contributed by atoms with Gasteiger partial charge in [-0.2, -0.15) is 0 Å². The molecule has 0 unspecified atom stereocenters. The summed E-state index contributed by atoms with van der Waals surface area (Å²) in [6.45, 7) is 6.06. The lowest BCUT2D eigenvalue weighted by Gasteiger charge is -2.39. The SMILES string of the molecule is CC(C)C(=O)C1CC[N+](C)(CC(N)=O)CC1. The van der Waals surface area contributed by atoms with Crippen molar-refractivity contribution in [1.82, 2.24) is 0 Å². The van der Waals surface area contributed by atoms with E-state index in [0.29, 0.717) is 16.8 Å². The summed E-state index contributed by atoms with van der Waals surface area (Å²) < 4.78 is 0.692. The van der Waals surface area contributed by atoms with Gasteiger partial charge in [-0.3, -0.25) is 9.59 Å². The molecule has 4 heteroatoms. The number of primary amides is 1. The van der Waals surface area contributed by atoms with Crippen LogP contribution in [-0.2, 0) is 9.59 Å². The Morgan fingerprint density at radius 2 is 1.81 bits per heavy atom. The molecule has 0 atom stereocenters. The highest BCUT2D eigenvalue weighted by Gasteiger charge is 2.34. The van der Waals surface area contributed by atoms with E-state index in [4.69, 9.17) is 5.73 Å². The van der Waals surface area contributed by atoms with Gasteiger partial charge in [0.1, 0.15) is 5.78 Å². The second-order valence-corrected chi connectivity index (χ2v) is 5.52. The normalized spacial score (nSPS) is 30.4. The fourth-order valence-corrected chi connectivity index (χ4v) is 2.48. The van der Waals surface area contributed by atoms with E-state index >= 15 is 0 Å². The number of likely N-dealkylation sites (N-methyl/N-ethyl adjacent to an activating group) is 1. The Morgan fingerprint density at radius 1 is 1.31 bits per heavy atom. The molecule has 1 rings (SSSR count). The molecule has 4 nitrogen and oxygen atoms in total. The van der Waals surface area contributed by atoms with E-state index in [-0.39, 0.29) is 17.7 Å². The zero-order chi connectivity index (χ0) is 12.3. The molecule has 0 aromatic rings. The Morgan fingerprint density at radius 3 is 2.19 bits per heavy atom. The molecule has 0 radical (unpaired) electrons. The number of rotatable bonds is 4. The van der Waals surface area contributed by atoms with Gasteiger partial charge in [-0.1, -0.05) is 13.8 Å². The van der Waals surface area contributed by atoms with Crippen LogP contribution in [0.5, 0.6) is 0 Å². The number of ketones is 1. The number of carbonyl (C=O) groups excluding carboxylic acids is 2. The molecule has 2 N–H and O–H groups in total. The molecule has 0 aliphatic carbocycles. The first-order chi connectivity index (χ1) is 7.34. The third kappa shape index (κ3) is 3.30. The number of amides is 1. The second kappa shape index (κ2) is 4.95. The summed E-state index contributed by atoms with van der Waals surface area (Å²) in [7, 11) is 2.04. The molecule has 0 spiro atoms. The standard InChI is InChI=1S/C12H22N2O2/c1-9(2)12(16)10-4-6-14(3,7-5-10)8-11(13)15/h9-10H,4-8H2,1-3H3,(H-,13,15)/p+1. The summed E-state index contributed by atoms with van der Waals surface area (Å²) in [5.74, 6) is 0.429. The van der Waals surface area contributed by atoms with Gasteiger partial charge in [0.05, 0.1) is 20.1 Å². The van der Waals surface area contributed by atoms with E-state index in [1.165, 1.54) is 0 Å². The van der Waals surface area contributed by atoms with Gasteiger partial charge in [0, 0.05) is 24.7 Å². The van der Waals surface area contributed by atoms with Crippen molar-refractivity contribution in [2.45, 2.75) is 26.7 Å². The molecule has 1 aliphatic rings. The number of hydrogen-bond donors (Lipinski definition) is 1. The van der Waals surface area contributed by atoms with Crippen LogP contribution in [0.15, 0.2) is 0 Å². The molecule has 1 heterocycles. The van der Waals surface area contributed by atoms with Crippen molar-refractivity contribution in [3.05, 3.63) is 0 Å². The van der Waals surface area contributed by atoms with Gasteiger partial charge in [0.2, 0.25) is 0 Å². The summed E-state index contributed by atoms with van der Waals surface area (Å²) in [6, 6.07) is 0. The first kappa shape index (κ1) is 13.2. The Kier molecular flexibility index (Phi) is 4.08. The van der Waals surface area contributed by atoms with E-state index in [9.17, 15) is 9.59 Å². The number of quaternary nitrogens is 1. The maximum Gasteiger partial charge on any atom is 0.272 e. The van der Waals surface area contributed by atoms with Crippen LogP contribution in [-0.4, -0.2) is 42.9 Å². The Labute approximate surface area is 97.4 Å². The van der Waals surface area contributed by atoms with Crippen molar-refractivity contribution in [3.8, 4) is 0 Å². The topological polar surface area (TPSA) is 60.2 Å². The molecule has 0 aromatic carbocycles. The molecule has 1 fully saturated rings. The van der Waals surface area contributed by atoms with Gasteiger partial charge in [-0.15, -0.1) is 0 Å². The van der Waals surface area contributed by atoms with Crippen molar-refractivity contribution in [1.29, 1.82) is 0 Å². The Balaban J connectivity index is 2.50. The molecule has 1 amide bonds. The fourth-order valence-electron chi connectivity index (χ4n) is 2.48. The lowest BCUT2D eigenvalue weighted by molar-refractivity contribution is -0.907. The minimum absolute atomic E-state index is 0.123. The van der Waals surface area contributed by atoms with E-state index in [1.807, 2.05) is 20.9 Å². The van der Waals surface area contributed by atoms with Crippen molar-refractivity contribution >= 4 is 11.7 Å². The van der Waals surface area contributed by atoms with Crippen molar-refractivity contribution in [3.63, 3.8) is 0 Å². The zero-order valence-corrected chi connectivity index (χ0v) is 10.5. The minimum atomic E-state index is -0.254. The van der Waals surface area contributed by atoms with Crippen molar-refractivity contribution in [2.24, 2.45) is 17.6 Å². The van der Waals surface area contributed by atoms with Gasteiger partial charge < -0.3 is 10.2 Å². The Bertz CT molecular complexity index is 279. The van der Waals surface area contributed by atoms with E-state index in [1.54, 1.807) is 0 Å². The monoisotopic (exact) mass is 227 g/mol. The molecule has 0 saturated carbocycles. The minimum Gasteiger partial charge on any atom is -0.365 e. The predicted octanol–water partition coefficient (Wildman–Crippen LogP) is 0.553. The van der Waals surface area contributed by atoms with Crippen LogP contribution in [0.25, 0.3) is 0 Å². The Hall–Kier alpha value is -0.900. The number of carbonyl (C=O) groups is 2. The lowest BCUT2D eigenvalue weighted by atomic mass is 9.86. The molecular formula is C12H23N2O2+. The number of likely N-dealkylation sites (tertiary alicyclic amines) is 1. The van der Waals surface area contributed by atoms with Crippen LogP contribution < -0.4 is 5.73 Å². The van der Waals surface area contributed by atoms with Crippen LogP contribution in [0.2, 0.25) is 0 Å². The van der Waals surface area contributed by atoms with Crippen LogP contribution in [0.4, 0.5) is 0 Å². The van der Waals surface area contributed by atoms with Crippen LogP contribution in [0.1, 0.15) is 26.7 Å². The number of nitrogens with two attached hydrogens (primary N) is 1. The lowest BCUT2D eigenvalue weighted by Crippen LogP contribution is -2.54. The first-order valence-electron chi connectivity index (χ1n) is 5.99. The summed E-state index contributed by atoms with van der Waals surface area (Å²) >= 11 is 0. The molecule has 1 saturated heterocycles. The highest BCUT2D eigenvalue weighted by Crippen LogP contribution is 2.24. The molecule has 0 bridgehead atoms. The van der Waals surface area contributed by atoms with Crippen LogP contribution in [0.3, 0.4) is 0 Å². The van der Waals surface area contributed by atoms with Crippen LogP contribution in [0, 0.1) is 11.8 Å². The second-order valence-electron chi connectivity index (χ2n) is 5.52. The number of nitrogens with zero attached hydrogens (tertiary/aromatic N) is 1. The highest BCUT2D eigenvalue weighted by molar-refractivity contribution is 5.82. The summed E-state index contributed by atoms with van der Waals surface area (Å²) in [6.07, 6.45) is 1.78. The molecule has 16 heavy (non-hydrogen) atoms. The van der Waals surface area contributed by atoms with Crippen molar-refractivity contribution in [2.75, 3.05) is 26.7 Å². The van der Waals surface area contributed by atoms with Gasteiger partial charge in [0.15, 0.2) is 6.54 Å². The highest BCUT2D eigenvalue weighted by atomic mass is 16.1. The van der Waals surface area contributed by atoms with E-state index in [0.717, 1.165) is 25.9 Å². The largest absolute Gasteiger partial charge is 0.365 e. The van der Waals surface area contributed by atoms with Gasteiger partial charge in [0.25, 0.3) is 5.91 Å². The number of hydrogen-bond acceptors (Lipinski definition) is 2. The van der Waals surface area contributed by atoms with Gasteiger partial charge >= 0.3 is 0 Å². The summed E-state index contributed by atoms with van der Waals surface area (Å²) in [5, 5.41) is 0. The third-order valence-corrected chi connectivity index (χ3v) is 3.54. The molecule has 92 valence electrons. The molecule has 1 aliphatic heterocycles. The number of piperidine rings is 1. The number of Topliss-reactive ketones (excluding diaryl/α,β-unsaturated/α-hetero) is 1. The molecular weight excluding hydrogens is 204 g/mol. The predicted molar refractivity (Wildman–Crippen MR) is 62.5 cm³/mol. The maximum atomic E-state index is 11.8. The first-order valence-corrected chi connectivity index (χ1v) is 5.99.